The van der Waals surface area contributed by atoms with Gasteiger partial charge in [0.15, 0.2) is 5.78 Å². The van der Waals surface area contributed by atoms with Crippen molar-refractivity contribution in [2.75, 3.05) is 20.3 Å². The number of hydrogen-bond donors (Lipinski definition) is 0. The fraction of sp³-hybridized carbons (Fsp3) is 0.533. The van der Waals surface area contributed by atoms with Gasteiger partial charge in [-0.15, -0.1) is 0 Å². The molecule has 0 saturated heterocycles. The number of carbonyl (C=O) groups excluding carboxylic acids is 1. The first-order chi connectivity index (χ1) is 8.56. The topological polar surface area (TPSA) is 35.5 Å². The van der Waals surface area contributed by atoms with Crippen LogP contribution in [0.1, 0.15) is 30.6 Å². The Morgan fingerprint density at radius 3 is 2.61 bits per heavy atom. The molecule has 1 aliphatic rings. The van der Waals surface area contributed by atoms with Gasteiger partial charge in [-0.2, -0.15) is 0 Å². The molecule has 18 heavy (non-hydrogen) atoms. The van der Waals surface area contributed by atoms with E-state index in [0.717, 1.165) is 6.42 Å². The van der Waals surface area contributed by atoms with E-state index in [1.54, 1.807) is 7.11 Å². The number of para-hydroxylation sites is 1. The molecule has 1 atom stereocenters. The first kappa shape index (κ1) is 13.1. The van der Waals surface area contributed by atoms with Crippen LogP contribution in [-0.2, 0) is 4.74 Å². The second-order valence-corrected chi connectivity index (χ2v) is 5.45. The van der Waals surface area contributed by atoms with E-state index >= 15 is 0 Å². The minimum atomic E-state index is 0.143. The zero-order chi connectivity index (χ0) is 13.2. The van der Waals surface area contributed by atoms with Gasteiger partial charge in [0.2, 0.25) is 0 Å². The molecule has 0 aromatic heterocycles. The summed E-state index contributed by atoms with van der Waals surface area (Å²) in [6.07, 6.45) is 0.970. The lowest BCUT2D eigenvalue weighted by Gasteiger charge is -2.11. The predicted molar refractivity (Wildman–Crippen MR) is 70.0 cm³/mol. The van der Waals surface area contributed by atoms with E-state index < -0.39 is 0 Å². The van der Waals surface area contributed by atoms with Gasteiger partial charge >= 0.3 is 0 Å². The van der Waals surface area contributed by atoms with Crippen LogP contribution in [-0.4, -0.2) is 26.1 Å². The molecule has 1 fully saturated rings. The predicted octanol–water partition coefficient (Wildman–Crippen LogP) is 2.94. The van der Waals surface area contributed by atoms with E-state index in [9.17, 15) is 4.79 Å². The molecule has 1 unspecified atom stereocenters. The third kappa shape index (κ3) is 2.72. The Balaban J connectivity index is 2.10. The molecule has 0 N–H and O–H groups in total. The van der Waals surface area contributed by atoms with Crippen molar-refractivity contribution in [1.29, 1.82) is 0 Å². The smallest absolute Gasteiger partial charge is 0.170 e. The van der Waals surface area contributed by atoms with Crippen LogP contribution in [0.3, 0.4) is 0 Å². The summed E-state index contributed by atoms with van der Waals surface area (Å²) in [7, 11) is 1.63. The summed E-state index contributed by atoms with van der Waals surface area (Å²) in [6.45, 7) is 5.25. The van der Waals surface area contributed by atoms with Crippen LogP contribution < -0.4 is 4.74 Å². The van der Waals surface area contributed by atoms with Crippen LogP contribution in [0, 0.1) is 11.3 Å². The molecule has 0 radical (unpaired) electrons. The van der Waals surface area contributed by atoms with E-state index in [1.807, 2.05) is 24.3 Å². The van der Waals surface area contributed by atoms with E-state index in [-0.39, 0.29) is 17.1 Å². The van der Waals surface area contributed by atoms with Crippen molar-refractivity contribution in [3.63, 3.8) is 0 Å². The summed E-state index contributed by atoms with van der Waals surface area (Å²) in [6, 6.07) is 7.46. The van der Waals surface area contributed by atoms with Crippen molar-refractivity contribution < 1.29 is 14.3 Å². The monoisotopic (exact) mass is 248 g/mol. The molecule has 2 rings (SSSR count). The van der Waals surface area contributed by atoms with Crippen molar-refractivity contribution >= 4 is 5.78 Å². The largest absolute Gasteiger partial charge is 0.490 e. The number of ether oxygens (including phenoxy) is 2. The number of rotatable bonds is 6. The first-order valence-corrected chi connectivity index (χ1v) is 6.31. The molecule has 3 nitrogen and oxygen atoms in total. The van der Waals surface area contributed by atoms with Gasteiger partial charge in [-0.05, 0) is 24.0 Å². The zero-order valence-electron chi connectivity index (χ0n) is 11.2. The van der Waals surface area contributed by atoms with E-state index in [2.05, 4.69) is 13.8 Å². The van der Waals surface area contributed by atoms with Crippen LogP contribution in [0.25, 0.3) is 0 Å². The van der Waals surface area contributed by atoms with Crippen molar-refractivity contribution in [1.82, 2.24) is 0 Å². The van der Waals surface area contributed by atoms with Crippen LogP contribution in [0.4, 0.5) is 0 Å². The molecule has 0 bridgehead atoms. The Labute approximate surface area is 108 Å². The Morgan fingerprint density at radius 2 is 2.00 bits per heavy atom. The summed E-state index contributed by atoms with van der Waals surface area (Å²) >= 11 is 0. The zero-order valence-corrected chi connectivity index (χ0v) is 11.2. The number of ketones is 1. The highest BCUT2D eigenvalue weighted by atomic mass is 16.5. The molecule has 0 amide bonds. The minimum absolute atomic E-state index is 0.143. The molecule has 0 heterocycles. The highest BCUT2D eigenvalue weighted by molar-refractivity contribution is 6.02. The van der Waals surface area contributed by atoms with Crippen molar-refractivity contribution in [2.45, 2.75) is 20.3 Å². The molecule has 3 heteroatoms. The van der Waals surface area contributed by atoms with E-state index in [4.69, 9.17) is 9.47 Å². The molecule has 1 saturated carbocycles. The normalized spacial score (nSPS) is 20.5. The summed E-state index contributed by atoms with van der Waals surface area (Å²) < 4.78 is 10.5. The number of hydrogen-bond acceptors (Lipinski definition) is 3. The van der Waals surface area contributed by atoms with Gasteiger partial charge in [-0.1, -0.05) is 26.0 Å². The third-order valence-electron chi connectivity index (χ3n) is 3.53. The van der Waals surface area contributed by atoms with Gasteiger partial charge in [-0.3, -0.25) is 4.79 Å². The maximum Gasteiger partial charge on any atom is 0.170 e. The number of carbonyl (C=O) groups is 1. The Hall–Kier alpha value is -1.35. The van der Waals surface area contributed by atoms with Crippen molar-refractivity contribution in [3.05, 3.63) is 29.8 Å². The molecular weight excluding hydrogens is 228 g/mol. The maximum absolute atomic E-state index is 12.4. The van der Waals surface area contributed by atoms with Crippen molar-refractivity contribution in [3.8, 4) is 5.75 Å². The first-order valence-electron chi connectivity index (χ1n) is 6.31. The summed E-state index contributed by atoms with van der Waals surface area (Å²) in [5.74, 6) is 1.01. The average molecular weight is 248 g/mol. The molecule has 1 aromatic carbocycles. The lowest BCUT2D eigenvalue weighted by Crippen LogP contribution is -2.11. The van der Waals surface area contributed by atoms with Crippen LogP contribution >= 0.6 is 0 Å². The highest BCUT2D eigenvalue weighted by Gasteiger charge is 2.50. The van der Waals surface area contributed by atoms with Crippen LogP contribution in [0.5, 0.6) is 5.75 Å². The van der Waals surface area contributed by atoms with E-state index in [1.165, 1.54) is 0 Å². The minimum Gasteiger partial charge on any atom is -0.490 e. The third-order valence-corrected chi connectivity index (χ3v) is 3.53. The Morgan fingerprint density at radius 1 is 1.33 bits per heavy atom. The summed E-state index contributed by atoms with van der Waals surface area (Å²) in [5, 5.41) is 0. The average Bonchev–Trinajstić information content (AvgIpc) is 2.99. The van der Waals surface area contributed by atoms with Gasteiger partial charge in [-0.25, -0.2) is 0 Å². The lowest BCUT2D eigenvalue weighted by molar-refractivity contribution is 0.0945. The molecule has 0 aliphatic heterocycles. The van der Waals surface area contributed by atoms with Gasteiger partial charge < -0.3 is 9.47 Å². The van der Waals surface area contributed by atoms with Crippen LogP contribution in [0.2, 0.25) is 0 Å². The molecule has 98 valence electrons. The van der Waals surface area contributed by atoms with Crippen LogP contribution in [0.15, 0.2) is 24.3 Å². The number of benzene rings is 1. The lowest BCUT2D eigenvalue weighted by atomic mass is 10.0. The SMILES string of the molecule is COCCOc1ccccc1C(=O)C1CC1(C)C. The highest BCUT2D eigenvalue weighted by Crippen LogP contribution is 2.53. The fourth-order valence-electron chi connectivity index (χ4n) is 2.13. The van der Waals surface area contributed by atoms with Gasteiger partial charge in [0.1, 0.15) is 12.4 Å². The second-order valence-electron chi connectivity index (χ2n) is 5.45. The number of Topliss-reactive ketones (excluding diaryl/α,β-unsaturated/α-hetero) is 1. The molecule has 1 aliphatic carbocycles. The standard InChI is InChI=1S/C15H20O3/c1-15(2)10-12(15)14(16)11-6-4-5-7-13(11)18-9-8-17-3/h4-7,12H,8-10H2,1-3H3. The maximum atomic E-state index is 12.4. The fourth-order valence-corrected chi connectivity index (χ4v) is 2.13. The Kier molecular flexibility index (Phi) is 3.71. The van der Waals surface area contributed by atoms with E-state index in [0.29, 0.717) is 24.5 Å². The van der Waals surface area contributed by atoms with Gasteiger partial charge in [0, 0.05) is 13.0 Å². The summed E-state index contributed by atoms with van der Waals surface area (Å²) in [5.41, 5.74) is 0.848. The molecular formula is C15H20O3. The molecule has 0 spiro atoms. The number of methoxy groups -OCH3 is 1. The quantitative estimate of drug-likeness (QED) is 0.573. The summed E-state index contributed by atoms with van der Waals surface area (Å²) in [4.78, 5) is 12.4. The Bertz CT molecular complexity index is 437. The molecule has 1 aromatic rings. The second kappa shape index (κ2) is 5.11. The van der Waals surface area contributed by atoms with Gasteiger partial charge in [0.25, 0.3) is 0 Å². The van der Waals surface area contributed by atoms with Crippen molar-refractivity contribution in [2.24, 2.45) is 11.3 Å². The van der Waals surface area contributed by atoms with Gasteiger partial charge in [0.05, 0.1) is 12.2 Å².